The molecule has 1 fully saturated rings. The van der Waals surface area contributed by atoms with Crippen molar-refractivity contribution in [3.8, 4) is 0 Å². The molecule has 1 saturated heterocycles. The van der Waals surface area contributed by atoms with Crippen LogP contribution < -0.4 is 0 Å². The van der Waals surface area contributed by atoms with Gasteiger partial charge in [0, 0.05) is 19.6 Å². The predicted octanol–water partition coefficient (Wildman–Crippen LogP) is 3.14. The van der Waals surface area contributed by atoms with Crippen LogP contribution in [0.4, 0.5) is 0 Å². The Hall–Kier alpha value is -1.35. The number of carbonyl (C=O) groups is 1. The fourth-order valence-electron chi connectivity index (χ4n) is 2.89. The van der Waals surface area contributed by atoms with E-state index in [-0.39, 0.29) is 17.3 Å². The average Bonchev–Trinajstić information content (AvgIpc) is 2.70. The van der Waals surface area contributed by atoms with Gasteiger partial charge in [0.15, 0.2) is 0 Å². The number of rotatable bonds is 3. The summed E-state index contributed by atoms with van der Waals surface area (Å²) in [4.78, 5) is 13.4. The number of hydrogen-bond donors (Lipinski definition) is 1. The quantitative estimate of drug-likeness (QED) is 0.921. The molecule has 20 heavy (non-hydrogen) atoms. The first kappa shape index (κ1) is 15.0. The first-order valence-corrected chi connectivity index (χ1v) is 7.32. The number of carboxylic acids is 1. The highest BCUT2D eigenvalue weighted by atomic mass is 16.4. The summed E-state index contributed by atoms with van der Waals surface area (Å²) >= 11 is 0. The smallest absolute Gasteiger partial charge is 0.308 e. The summed E-state index contributed by atoms with van der Waals surface area (Å²) in [5, 5.41) is 9.17. The molecule has 0 unspecified atom stereocenters. The maximum absolute atomic E-state index is 11.1. The van der Waals surface area contributed by atoms with Crippen molar-refractivity contribution < 1.29 is 9.90 Å². The van der Waals surface area contributed by atoms with Gasteiger partial charge in [-0.1, -0.05) is 52.0 Å². The molecule has 2 atom stereocenters. The molecule has 1 N–H and O–H groups in total. The van der Waals surface area contributed by atoms with Crippen molar-refractivity contribution in [3.63, 3.8) is 0 Å². The molecule has 1 aromatic rings. The van der Waals surface area contributed by atoms with Crippen LogP contribution in [-0.2, 0) is 16.8 Å². The van der Waals surface area contributed by atoms with Crippen LogP contribution in [0.2, 0.25) is 0 Å². The minimum absolute atomic E-state index is 0.176. The lowest BCUT2D eigenvalue weighted by molar-refractivity contribution is -0.142. The van der Waals surface area contributed by atoms with Crippen molar-refractivity contribution in [2.75, 3.05) is 13.1 Å². The Bertz CT molecular complexity index is 473. The largest absolute Gasteiger partial charge is 0.481 e. The van der Waals surface area contributed by atoms with Gasteiger partial charge in [0.2, 0.25) is 0 Å². The highest BCUT2D eigenvalue weighted by Gasteiger charge is 2.34. The molecular formula is C17H25NO2. The van der Waals surface area contributed by atoms with Gasteiger partial charge >= 0.3 is 5.97 Å². The molecule has 0 aromatic heterocycles. The summed E-state index contributed by atoms with van der Waals surface area (Å²) in [5.74, 6) is -0.645. The van der Waals surface area contributed by atoms with Crippen molar-refractivity contribution >= 4 is 5.97 Å². The number of nitrogens with zero attached hydrogens (tertiary/aromatic N) is 1. The molecule has 0 spiro atoms. The lowest BCUT2D eigenvalue weighted by atomic mass is 9.87. The van der Waals surface area contributed by atoms with Crippen LogP contribution in [0.5, 0.6) is 0 Å². The second kappa shape index (κ2) is 5.57. The van der Waals surface area contributed by atoms with Crippen LogP contribution in [0, 0.1) is 11.8 Å². The zero-order valence-electron chi connectivity index (χ0n) is 12.9. The van der Waals surface area contributed by atoms with E-state index >= 15 is 0 Å². The second-order valence-electron chi connectivity index (χ2n) is 7.06. The molecule has 0 bridgehead atoms. The molecule has 1 heterocycles. The molecule has 0 saturated carbocycles. The van der Waals surface area contributed by atoms with Gasteiger partial charge in [-0.25, -0.2) is 0 Å². The predicted molar refractivity (Wildman–Crippen MR) is 80.7 cm³/mol. The Labute approximate surface area is 121 Å². The van der Waals surface area contributed by atoms with Gasteiger partial charge in [-0.15, -0.1) is 0 Å². The molecule has 3 heteroatoms. The van der Waals surface area contributed by atoms with Crippen molar-refractivity contribution in [1.82, 2.24) is 4.90 Å². The lowest BCUT2D eigenvalue weighted by Gasteiger charge is -2.20. The Morgan fingerprint density at radius 3 is 2.30 bits per heavy atom. The van der Waals surface area contributed by atoms with Crippen LogP contribution in [0.1, 0.15) is 38.8 Å². The van der Waals surface area contributed by atoms with Crippen LogP contribution in [0.25, 0.3) is 0 Å². The Kier molecular flexibility index (Phi) is 4.19. The fraction of sp³-hybridized carbons (Fsp3) is 0.588. The molecule has 110 valence electrons. The number of likely N-dealkylation sites (tertiary alicyclic amines) is 1. The molecule has 1 aliphatic rings. The third kappa shape index (κ3) is 3.40. The molecule has 1 aromatic carbocycles. The van der Waals surface area contributed by atoms with Gasteiger partial charge in [0.05, 0.1) is 5.92 Å². The first-order valence-electron chi connectivity index (χ1n) is 7.32. The summed E-state index contributed by atoms with van der Waals surface area (Å²) in [7, 11) is 0. The summed E-state index contributed by atoms with van der Waals surface area (Å²) in [5.41, 5.74) is 2.77. The summed E-state index contributed by atoms with van der Waals surface area (Å²) in [6.07, 6.45) is 0. The van der Waals surface area contributed by atoms with E-state index < -0.39 is 5.97 Å². The number of aliphatic carboxylic acids is 1. The van der Waals surface area contributed by atoms with E-state index in [0.717, 1.165) is 13.1 Å². The van der Waals surface area contributed by atoms with E-state index in [4.69, 9.17) is 5.11 Å². The minimum Gasteiger partial charge on any atom is -0.481 e. The van der Waals surface area contributed by atoms with Crippen molar-refractivity contribution in [2.24, 2.45) is 11.8 Å². The standard InChI is InChI=1S/C17H25NO2/c1-12-9-18(11-15(12)16(19)20)10-13-5-7-14(8-6-13)17(2,3)4/h5-8,12,15H,9-11H2,1-4H3,(H,19,20)/t12-,15-/m1/s1. The van der Waals surface area contributed by atoms with Crippen molar-refractivity contribution in [1.29, 1.82) is 0 Å². The molecule has 0 radical (unpaired) electrons. The van der Waals surface area contributed by atoms with Gasteiger partial charge in [0.1, 0.15) is 0 Å². The highest BCUT2D eigenvalue weighted by molar-refractivity contribution is 5.71. The summed E-state index contributed by atoms with van der Waals surface area (Å²) in [6.45, 7) is 11.0. The van der Waals surface area contributed by atoms with Gasteiger partial charge in [0.25, 0.3) is 0 Å². The molecule has 3 nitrogen and oxygen atoms in total. The van der Waals surface area contributed by atoms with E-state index in [0.29, 0.717) is 6.54 Å². The fourth-order valence-corrected chi connectivity index (χ4v) is 2.89. The van der Waals surface area contributed by atoms with Crippen LogP contribution in [-0.4, -0.2) is 29.1 Å². The van der Waals surface area contributed by atoms with Crippen LogP contribution >= 0.6 is 0 Å². The van der Waals surface area contributed by atoms with Crippen molar-refractivity contribution in [3.05, 3.63) is 35.4 Å². The third-order valence-electron chi connectivity index (χ3n) is 4.23. The third-order valence-corrected chi connectivity index (χ3v) is 4.23. The Morgan fingerprint density at radius 1 is 1.25 bits per heavy atom. The first-order chi connectivity index (χ1) is 9.27. The molecule has 1 aliphatic heterocycles. The molecule has 0 aliphatic carbocycles. The van der Waals surface area contributed by atoms with E-state index in [1.165, 1.54) is 11.1 Å². The van der Waals surface area contributed by atoms with Gasteiger partial charge in [-0.05, 0) is 22.5 Å². The number of hydrogen-bond acceptors (Lipinski definition) is 2. The molecule has 0 amide bonds. The average molecular weight is 275 g/mol. The van der Waals surface area contributed by atoms with Gasteiger partial charge in [-0.2, -0.15) is 0 Å². The Morgan fingerprint density at radius 2 is 1.85 bits per heavy atom. The van der Waals surface area contributed by atoms with Crippen LogP contribution in [0.15, 0.2) is 24.3 Å². The van der Waals surface area contributed by atoms with E-state index in [9.17, 15) is 4.79 Å². The highest BCUT2D eigenvalue weighted by Crippen LogP contribution is 2.26. The topological polar surface area (TPSA) is 40.5 Å². The zero-order valence-corrected chi connectivity index (χ0v) is 12.9. The zero-order chi connectivity index (χ0) is 14.9. The van der Waals surface area contributed by atoms with Crippen molar-refractivity contribution in [2.45, 2.75) is 39.7 Å². The number of benzene rings is 1. The molecule has 2 rings (SSSR count). The molecular weight excluding hydrogens is 250 g/mol. The normalized spacial score (nSPS) is 24.0. The van der Waals surface area contributed by atoms with Gasteiger partial charge in [-0.3, -0.25) is 9.69 Å². The monoisotopic (exact) mass is 275 g/mol. The van der Waals surface area contributed by atoms with E-state index in [2.05, 4.69) is 49.9 Å². The second-order valence-corrected chi connectivity index (χ2v) is 7.06. The summed E-state index contributed by atoms with van der Waals surface area (Å²) < 4.78 is 0. The maximum Gasteiger partial charge on any atom is 0.308 e. The van der Waals surface area contributed by atoms with Gasteiger partial charge < -0.3 is 5.11 Å². The number of carboxylic acid groups (broad SMARTS) is 1. The lowest BCUT2D eigenvalue weighted by Crippen LogP contribution is -2.23. The van der Waals surface area contributed by atoms with E-state index in [1.54, 1.807) is 0 Å². The minimum atomic E-state index is -0.664. The van der Waals surface area contributed by atoms with E-state index in [1.807, 2.05) is 6.92 Å². The summed E-state index contributed by atoms with van der Waals surface area (Å²) in [6, 6.07) is 8.70. The SMILES string of the molecule is C[C@@H]1CN(Cc2ccc(C(C)(C)C)cc2)C[C@H]1C(=O)O. The maximum atomic E-state index is 11.1. The van der Waals surface area contributed by atoms with Crippen LogP contribution in [0.3, 0.4) is 0 Å². The Balaban J connectivity index is 2.00.